The zero-order valence-corrected chi connectivity index (χ0v) is 9.99. The maximum Gasteiger partial charge on any atom is 0.0224 e. The Kier molecular flexibility index (Phi) is 4.00. The predicted octanol–water partition coefficient (Wildman–Crippen LogP) is 0.894. The molecule has 2 unspecified atom stereocenters. The van der Waals surface area contributed by atoms with Gasteiger partial charge in [0.1, 0.15) is 0 Å². The first-order chi connectivity index (χ1) is 7.29. The van der Waals surface area contributed by atoms with E-state index in [1.165, 1.54) is 51.9 Å². The van der Waals surface area contributed by atoms with Crippen LogP contribution in [0.1, 0.15) is 32.6 Å². The summed E-state index contributed by atoms with van der Waals surface area (Å²) in [5.74, 6) is 0. The van der Waals surface area contributed by atoms with Crippen molar-refractivity contribution in [2.45, 2.75) is 44.7 Å². The van der Waals surface area contributed by atoms with Crippen molar-refractivity contribution in [3.8, 4) is 0 Å². The number of fused-ring (bicyclic) bond motifs is 1. The van der Waals surface area contributed by atoms with Crippen molar-refractivity contribution in [2.24, 2.45) is 5.73 Å². The van der Waals surface area contributed by atoms with Crippen LogP contribution in [0.25, 0.3) is 0 Å². The molecule has 2 fully saturated rings. The summed E-state index contributed by atoms with van der Waals surface area (Å²) in [6.45, 7) is 8.42. The Balaban J connectivity index is 1.75. The Morgan fingerprint density at radius 1 is 1.33 bits per heavy atom. The largest absolute Gasteiger partial charge is 0.327 e. The van der Waals surface area contributed by atoms with Crippen LogP contribution in [-0.4, -0.2) is 54.6 Å². The minimum absolute atomic E-state index is 0.392. The molecular weight excluding hydrogens is 186 g/mol. The monoisotopic (exact) mass is 211 g/mol. The lowest BCUT2D eigenvalue weighted by molar-refractivity contribution is 0.0990. The molecule has 2 atom stereocenters. The molecule has 2 aliphatic heterocycles. The standard InChI is InChI=1S/C12H25N3/c1-2-4-11(13)9-14-7-8-15-6-3-5-12(15)10-14/h11-12H,2-10,13H2,1H3. The van der Waals surface area contributed by atoms with Gasteiger partial charge in [-0.3, -0.25) is 9.80 Å². The molecule has 0 saturated carbocycles. The molecule has 2 heterocycles. The first-order valence-corrected chi connectivity index (χ1v) is 6.51. The fraction of sp³-hybridized carbons (Fsp3) is 1.00. The van der Waals surface area contributed by atoms with E-state index in [0.29, 0.717) is 6.04 Å². The molecule has 2 rings (SSSR count). The van der Waals surface area contributed by atoms with Crippen molar-refractivity contribution >= 4 is 0 Å². The Morgan fingerprint density at radius 3 is 3.00 bits per heavy atom. The van der Waals surface area contributed by atoms with E-state index in [1.54, 1.807) is 0 Å². The molecule has 3 nitrogen and oxygen atoms in total. The molecule has 15 heavy (non-hydrogen) atoms. The Hall–Kier alpha value is -0.120. The molecule has 0 aromatic rings. The van der Waals surface area contributed by atoms with Gasteiger partial charge in [0.25, 0.3) is 0 Å². The molecule has 0 aromatic heterocycles. The molecule has 0 radical (unpaired) electrons. The van der Waals surface area contributed by atoms with Crippen molar-refractivity contribution < 1.29 is 0 Å². The second-order valence-corrected chi connectivity index (χ2v) is 5.14. The average Bonchev–Trinajstić information content (AvgIpc) is 2.65. The number of rotatable bonds is 4. The maximum atomic E-state index is 6.10. The van der Waals surface area contributed by atoms with Gasteiger partial charge in [0.05, 0.1) is 0 Å². The van der Waals surface area contributed by atoms with Gasteiger partial charge in [0.2, 0.25) is 0 Å². The summed E-state index contributed by atoms with van der Waals surface area (Å²) in [5.41, 5.74) is 6.10. The zero-order valence-electron chi connectivity index (χ0n) is 9.99. The topological polar surface area (TPSA) is 32.5 Å². The first-order valence-electron chi connectivity index (χ1n) is 6.51. The molecule has 2 saturated heterocycles. The van der Waals surface area contributed by atoms with Crippen LogP contribution in [0.2, 0.25) is 0 Å². The lowest BCUT2D eigenvalue weighted by Crippen LogP contribution is -2.52. The third-order valence-electron chi connectivity index (χ3n) is 3.82. The molecule has 0 aromatic carbocycles. The molecule has 0 spiro atoms. The number of nitrogens with two attached hydrogens (primary N) is 1. The van der Waals surface area contributed by atoms with Gasteiger partial charge < -0.3 is 5.73 Å². The summed E-state index contributed by atoms with van der Waals surface area (Å²) in [6, 6.07) is 1.23. The van der Waals surface area contributed by atoms with Gasteiger partial charge in [-0.15, -0.1) is 0 Å². The zero-order chi connectivity index (χ0) is 10.7. The average molecular weight is 211 g/mol. The minimum Gasteiger partial charge on any atom is -0.327 e. The normalized spacial score (nSPS) is 30.4. The van der Waals surface area contributed by atoms with Crippen LogP contribution in [0.4, 0.5) is 0 Å². The van der Waals surface area contributed by atoms with Crippen LogP contribution >= 0.6 is 0 Å². The van der Waals surface area contributed by atoms with Crippen LogP contribution < -0.4 is 5.73 Å². The second kappa shape index (κ2) is 5.28. The Morgan fingerprint density at radius 2 is 2.20 bits per heavy atom. The van der Waals surface area contributed by atoms with E-state index in [1.807, 2.05) is 0 Å². The van der Waals surface area contributed by atoms with E-state index in [0.717, 1.165) is 12.6 Å². The molecule has 2 N–H and O–H groups in total. The van der Waals surface area contributed by atoms with Crippen LogP contribution in [0, 0.1) is 0 Å². The molecular formula is C12H25N3. The van der Waals surface area contributed by atoms with E-state index in [-0.39, 0.29) is 0 Å². The lowest BCUT2D eigenvalue weighted by atomic mass is 10.1. The van der Waals surface area contributed by atoms with Crippen LogP contribution in [0.15, 0.2) is 0 Å². The van der Waals surface area contributed by atoms with Gasteiger partial charge in [0.15, 0.2) is 0 Å². The highest BCUT2D eigenvalue weighted by Gasteiger charge is 2.30. The van der Waals surface area contributed by atoms with Crippen molar-refractivity contribution in [2.75, 3.05) is 32.7 Å². The molecule has 2 aliphatic rings. The highest BCUT2D eigenvalue weighted by molar-refractivity contribution is 4.87. The molecule has 0 aliphatic carbocycles. The molecule has 0 amide bonds. The van der Waals surface area contributed by atoms with Crippen molar-refractivity contribution in [1.82, 2.24) is 9.80 Å². The SMILES string of the molecule is CCCC(N)CN1CCN2CCCC2C1. The first kappa shape index (κ1) is 11.4. The van der Waals surface area contributed by atoms with Gasteiger partial charge in [-0.2, -0.15) is 0 Å². The third-order valence-corrected chi connectivity index (χ3v) is 3.82. The summed E-state index contributed by atoms with van der Waals surface area (Å²) < 4.78 is 0. The van der Waals surface area contributed by atoms with E-state index in [9.17, 15) is 0 Å². The van der Waals surface area contributed by atoms with Gasteiger partial charge in [-0.05, 0) is 25.8 Å². The van der Waals surface area contributed by atoms with E-state index < -0.39 is 0 Å². The third kappa shape index (κ3) is 2.92. The summed E-state index contributed by atoms with van der Waals surface area (Å²) in [5, 5.41) is 0. The van der Waals surface area contributed by atoms with Crippen LogP contribution in [0.5, 0.6) is 0 Å². The highest BCUT2D eigenvalue weighted by Crippen LogP contribution is 2.21. The van der Waals surface area contributed by atoms with E-state index >= 15 is 0 Å². The van der Waals surface area contributed by atoms with Gasteiger partial charge in [-0.25, -0.2) is 0 Å². The second-order valence-electron chi connectivity index (χ2n) is 5.14. The number of hydrogen-bond acceptors (Lipinski definition) is 3. The van der Waals surface area contributed by atoms with Crippen LogP contribution in [-0.2, 0) is 0 Å². The highest BCUT2D eigenvalue weighted by atomic mass is 15.3. The molecule has 88 valence electrons. The number of hydrogen-bond donors (Lipinski definition) is 1. The van der Waals surface area contributed by atoms with Crippen molar-refractivity contribution in [3.05, 3.63) is 0 Å². The van der Waals surface area contributed by atoms with Crippen molar-refractivity contribution in [1.29, 1.82) is 0 Å². The number of piperazine rings is 1. The van der Waals surface area contributed by atoms with Crippen molar-refractivity contribution in [3.63, 3.8) is 0 Å². The van der Waals surface area contributed by atoms with Gasteiger partial charge in [0, 0.05) is 38.3 Å². The summed E-state index contributed by atoms with van der Waals surface area (Å²) in [6.07, 6.45) is 5.19. The summed E-state index contributed by atoms with van der Waals surface area (Å²) in [7, 11) is 0. The minimum atomic E-state index is 0.392. The lowest BCUT2D eigenvalue weighted by Gasteiger charge is -2.38. The quantitative estimate of drug-likeness (QED) is 0.750. The van der Waals surface area contributed by atoms with Gasteiger partial charge in [-0.1, -0.05) is 13.3 Å². The number of nitrogens with zero attached hydrogens (tertiary/aromatic N) is 2. The summed E-state index contributed by atoms with van der Waals surface area (Å²) >= 11 is 0. The Labute approximate surface area is 93.6 Å². The predicted molar refractivity (Wildman–Crippen MR) is 63.9 cm³/mol. The van der Waals surface area contributed by atoms with Crippen LogP contribution in [0.3, 0.4) is 0 Å². The Bertz CT molecular complexity index is 195. The fourth-order valence-electron chi connectivity index (χ4n) is 3.02. The van der Waals surface area contributed by atoms with Gasteiger partial charge >= 0.3 is 0 Å². The van der Waals surface area contributed by atoms with E-state index in [2.05, 4.69) is 16.7 Å². The fourth-order valence-corrected chi connectivity index (χ4v) is 3.02. The maximum absolute atomic E-state index is 6.10. The molecule has 3 heteroatoms. The summed E-state index contributed by atoms with van der Waals surface area (Å²) in [4.78, 5) is 5.23. The smallest absolute Gasteiger partial charge is 0.0224 e. The van der Waals surface area contributed by atoms with E-state index in [4.69, 9.17) is 5.73 Å². The molecule has 0 bridgehead atoms.